The molecule has 0 N–H and O–H groups in total. The molecule has 0 unspecified atom stereocenters. The average Bonchev–Trinajstić information content (AvgIpc) is 2.78. The Morgan fingerprint density at radius 2 is 2.00 bits per heavy atom. The monoisotopic (exact) mass is 192 g/mol. The van der Waals surface area contributed by atoms with E-state index in [4.69, 9.17) is 9.47 Å². The minimum absolute atomic E-state index is 0.0613. The molecule has 2 atom stereocenters. The summed E-state index contributed by atoms with van der Waals surface area (Å²) in [5.74, 6) is -1.15. The SMILES string of the molecule is CC(=O)O[C@@]1(c2ccccc2)O[C@@H]1C. The van der Waals surface area contributed by atoms with E-state index in [1.165, 1.54) is 6.92 Å². The highest BCUT2D eigenvalue weighted by atomic mass is 16.8. The highest BCUT2D eigenvalue weighted by Gasteiger charge is 2.58. The van der Waals surface area contributed by atoms with Crippen LogP contribution in [-0.2, 0) is 20.1 Å². The van der Waals surface area contributed by atoms with Crippen LogP contribution in [0.4, 0.5) is 0 Å². The van der Waals surface area contributed by atoms with Crippen LogP contribution in [0.5, 0.6) is 0 Å². The Morgan fingerprint density at radius 1 is 1.43 bits per heavy atom. The van der Waals surface area contributed by atoms with Gasteiger partial charge >= 0.3 is 5.97 Å². The second-order valence-corrected chi connectivity index (χ2v) is 3.39. The van der Waals surface area contributed by atoms with Gasteiger partial charge in [-0.15, -0.1) is 0 Å². The Morgan fingerprint density at radius 3 is 2.43 bits per heavy atom. The van der Waals surface area contributed by atoms with Crippen molar-refractivity contribution in [3.8, 4) is 0 Å². The van der Waals surface area contributed by atoms with Gasteiger partial charge in [0.2, 0.25) is 0 Å². The number of rotatable bonds is 2. The number of benzene rings is 1. The zero-order chi connectivity index (χ0) is 10.2. The molecule has 14 heavy (non-hydrogen) atoms. The number of esters is 1. The van der Waals surface area contributed by atoms with Gasteiger partial charge in [-0.2, -0.15) is 0 Å². The fourth-order valence-corrected chi connectivity index (χ4v) is 1.58. The molecule has 1 aromatic rings. The minimum Gasteiger partial charge on any atom is -0.426 e. The van der Waals surface area contributed by atoms with E-state index in [9.17, 15) is 4.79 Å². The van der Waals surface area contributed by atoms with Gasteiger partial charge in [0.25, 0.3) is 5.79 Å². The van der Waals surface area contributed by atoms with E-state index in [-0.39, 0.29) is 12.1 Å². The van der Waals surface area contributed by atoms with Crippen molar-refractivity contribution in [2.45, 2.75) is 25.7 Å². The van der Waals surface area contributed by atoms with Crippen molar-refractivity contribution in [3.63, 3.8) is 0 Å². The fraction of sp³-hybridized carbons (Fsp3) is 0.364. The Balaban J connectivity index is 2.27. The molecule has 1 aliphatic rings. The van der Waals surface area contributed by atoms with Crippen LogP contribution >= 0.6 is 0 Å². The van der Waals surface area contributed by atoms with Crippen molar-refractivity contribution >= 4 is 5.97 Å². The lowest BCUT2D eigenvalue weighted by Gasteiger charge is -2.12. The summed E-state index contributed by atoms with van der Waals surface area (Å²) in [5.41, 5.74) is 0.891. The molecular weight excluding hydrogens is 180 g/mol. The van der Waals surface area contributed by atoms with Crippen LogP contribution in [0, 0.1) is 0 Å². The zero-order valence-corrected chi connectivity index (χ0v) is 8.19. The van der Waals surface area contributed by atoms with E-state index in [2.05, 4.69) is 0 Å². The summed E-state index contributed by atoms with van der Waals surface area (Å²) in [4.78, 5) is 10.9. The van der Waals surface area contributed by atoms with Crippen LogP contribution in [0.15, 0.2) is 30.3 Å². The topological polar surface area (TPSA) is 38.8 Å². The zero-order valence-electron chi connectivity index (χ0n) is 8.19. The number of hydrogen-bond donors (Lipinski definition) is 0. The second-order valence-electron chi connectivity index (χ2n) is 3.39. The summed E-state index contributed by atoms with van der Waals surface area (Å²) in [6, 6.07) is 9.50. The lowest BCUT2D eigenvalue weighted by atomic mass is 10.1. The van der Waals surface area contributed by atoms with Gasteiger partial charge in [0, 0.05) is 12.5 Å². The predicted octanol–water partition coefficient (Wildman–Crippen LogP) is 1.82. The summed E-state index contributed by atoms with van der Waals surface area (Å²) in [7, 11) is 0. The van der Waals surface area contributed by atoms with E-state index in [0.717, 1.165) is 5.56 Å². The Hall–Kier alpha value is -1.35. The van der Waals surface area contributed by atoms with Gasteiger partial charge in [0.15, 0.2) is 0 Å². The molecule has 0 saturated carbocycles. The minimum atomic E-state index is -0.826. The maximum Gasteiger partial charge on any atom is 0.305 e. The van der Waals surface area contributed by atoms with Crippen LogP contribution in [-0.4, -0.2) is 12.1 Å². The van der Waals surface area contributed by atoms with Gasteiger partial charge in [0.05, 0.1) is 0 Å². The van der Waals surface area contributed by atoms with Gasteiger partial charge in [-0.25, -0.2) is 0 Å². The van der Waals surface area contributed by atoms with Crippen molar-refractivity contribution in [2.75, 3.05) is 0 Å². The first-order valence-electron chi connectivity index (χ1n) is 4.58. The normalized spacial score (nSPS) is 29.7. The largest absolute Gasteiger partial charge is 0.426 e. The summed E-state index contributed by atoms with van der Waals surface area (Å²) >= 11 is 0. The average molecular weight is 192 g/mol. The number of carbonyl (C=O) groups is 1. The van der Waals surface area contributed by atoms with Gasteiger partial charge < -0.3 is 9.47 Å². The van der Waals surface area contributed by atoms with Crippen molar-refractivity contribution < 1.29 is 14.3 Å². The first kappa shape index (κ1) is 9.21. The molecule has 3 heteroatoms. The number of epoxide rings is 1. The summed E-state index contributed by atoms with van der Waals surface area (Å²) < 4.78 is 10.5. The van der Waals surface area contributed by atoms with E-state index in [0.29, 0.717) is 0 Å². The third-order valence-corrected chi connectivity index (χ3v) is 2.30. The fourth-order valence-electron chi connectivity index (χ4n) is 1.58. The van der Waals surface area contributed by atoms with E-state index >= 15 is 0 Å². The van der Waals surface area contributed by atoms with Crippen molar-refractivity contribution in [1.29, 1.82) is 0 Å². The van der Waals surface area contributed by atoms with E-state index < -0.39 is 5.79 Å². The number of ether oxygens (including phenoxy) is 2. The number of hydrogen-bond acceptors (Lipinski definition) is 3. The highest BCUT2D eigenvalue weighted by molar-refractivity contribution is 5.67. The van der Waals surface area contributed by atoms with Crippen molar-refractivity contribution in [1.82, 2.24) is 0 Å². The molecule has 1 aromatic carbocycles. The first-order chi connectivity index (χ1) is 6.65. The van der Waals surface area contributed by atoms with Gasteiger partial charge in [-0.05, 0) is 6.92 Å². The molecule has 0 amide bonds. The molecule has 3 nitrogen and oxygen atoms in total. The maximum atomic E-state index is 10.9. The molecule has 0 bridgehead atoms. The second kappa shape index (κ2) is 3.10. The van der Waals surface area contributed by atoms with Gasteiger partial charge in [-0.3, -0.25) is 4.79 Å². The maximum absolute atomic E-state index is 10.9. The molecule has 2 rings (SSSR count). The van der Waals surface area contributed by atoms with Crippen LogP contribution in [0.3, 0.4) is 0 Å². The highest BCUT2D eigenvalue weighted by Crippen LogP contribution is 2.46. The predicted molar refractivity (Wildman–Crippen MR) is 50.4 cm³/mol. The van der Waals surface area contributed by atoms with Gasteiger partial charge in [-0.1, -0.05) is 30.3 Å². The van der Waals surface area contributed by atoms with Crippen LogP contribution < -0.4 is 0 Å². The molecule has 0 aliphatic carbocycles. The standard InChI is InChI=1S/C11H12O3/c1-8-11(13-8,14-9(2)12)10-6-4-3-5-7-10/h3-8H,1-2H3/t8-,11+/m1/s1. The van der Waals surface area contributed by atoms with Crippen LogP contribution in [0.1, 0.15) is 19.4 Å². The molecule has 0 radical (unpaired) electrons. The third kappa shape index (κ3) is 1.40. The lowest BCUT2D eigenvalue weighted by Crippen LogP contribution is -2.19. The summed E-state index contributed by atoms with van der Waals surface area (Å²) in [5, 5.41) is 0. The smallest absolute Gasteiger partial charge is 0.305 e. The quantitative estimate of drug-likeness (QED) is 0.530. The molecule has 0 aromatic heterocycles. The molecule has 74 valence electrons. The Kier molecular flexibility index (Phi) is 2.04. The van der Waals surface area contributed by atoms with E-state index in [1.54, 1.807) is 0 Å². The molecule has 1 aliphatic heterocycles. The first-order valence-corrected chi connectivity index (χ1v) is 4.58. The Labute approximate surface area is 82.6 Å². The number of carbonyl (C=O) groups excluding carboxylic acids is 1. The summed E-state index contributed by atoms with van der Waals surface area (Å²) in [6.07, 6.45) is -0.0613. The lowest BCUT2D eigenvalue weighted by molar-refractivity contribution is -0.157. The molecule has 1 saturated heterocycles. The molecule has 1 fully saturated rings. The van der Waals surface area contributed by atoms with Crippen molar-refractivity contribution in [2.24, 2.45) is 0 Å². The molecule has 1 heterocycles. The van der Waals surface area contributed by atoms with E-state index in [1.807, 2.05) is 37.3 Å². The van der Waals surface area contributed by atoms with Crippen molar-refractivity contribution in [3.05, 3.63) is 35.9 Å². The van der Waals surface area contributed by atoms with Crippen LogP contribution in [0.25, 0.3) is 0 Å². The Bertz CT molecular complexity index is 347. The van der Waals surface area contributed by atoms with Gasteiger partial charge in [0.1, 0.15) is 6.10 Å². The summed E-state index contributed by atoms with van der Waals surface area (Å²) in [6.45, 7) is 3.27. The molecular formula is C11H12O3. The third-order valence-electron chi connectivity index (χ3n) is 2.30. The molecule has 0 spiro atoms. The van der Waals surface area contributed by atoms with Crippen LogP contribution in [0.2, 0.25) is 0 Å².